The van der Waals surface area contributed by atoms with Crippen LogP contribution in [0.5, 0.6) is 5.88 Å². The van der Waals surface area contributed by atoms with Crippen molar-refractivity contribution in [3.05, 3.63) is 18.1 Å². The number of carbonyl (C=O) groups excluding carboxylic acids is 1. The van der Waals surface area contributed by atoms with Gasteiger partial charge in [-0.3, -0.25) is 4.79 Å². The molecule has 0 spiro atoms. The molecular formula is C13H18N2O3. The molecule has 0 aromatic carbocycles. The van der Waals surface area contributed by atoms with Gasteiger partial charge in [0.15, 0.2) is 5.69 Å². The van der Waals surface area contributed by atoms with Gasteiger partial charge < -0.3 is 9.84 Å². The van der Waals surface area contributed by atoms with Gasteiger partial charge in [0.1, 0.15) is 5.60 Å². The van der Waals surface area contributed by atoms with Crippen LogP contribution in [0.3, 0.4) is 0 Å². The summed E-state index contributed by atoms with van der Waals surface area (Å²) in [6.45, 7) is 0. The molecule has 0 atom stereocenters. The first kappa shape index (κ1) is 13.0. The van der Waals surface area contributed by atoms with E-state index in [1.54, 1.807) is 0 Å². The first-order valence-electron chi connectivity index (χ1n) is 6.29. The van der Waals surface area contributed by atoms with E-state index in [1.165, 1.54) is 19.5 Å². The van der Waals surface area contributed by atoms with Gasteiger partial charge in [0.25, 0.3) is 0 Å². The number of hydrogen-bond donors (Lipinski definition) is 1. The molecular weight excluding hydrogens is 232 g/mol. The van der Waals surface area contributed by atoms with Crippen LogP contribution in [-0.4, -0.2) is 33.6 Å². The van der Waals surface area contributed by atoms with Crippen molar-refractivity contribution < 1.29 is 14.6 Å². The molecule has 0 saturated heterocycles. The van der Waals surface area contributed by atoms with Crippen molar-refractivity contribution in [2.24, 2.45) is 0 Å². The number of rotatable bonds is 3. The summed E-state index contributed by atoms with van der Waals surface area (Å²) in [6.07, 6.45) is 7.75. The highest BCUT2D eigenvalue weighted by Gasteiger charge is 2.39. The largest absolute Gasteiger partial charge is 0.479 e. The number of nitrogens with zero attached hydrogens (tertiary/aromatic N) is 2. The van der Waals surface area contributed by atoms with Crippen molar-refractivity contribution in [3.8, 4) is 5.88 Å². The summed E-state index contributed by atoms with van der Waals surface area (Å²) in [5.74, 6) is -0.186. The van der Waals surface area contributed by atoms with Crippen LogP contribution < -0.4 is 4.74 Å². The number of ether oxygens (including phenoxy) is 1. The lowest BCUT2D eigenvalue weighted by Crippen LogP contribution is -2.38. The second-order valence-electron chi connectivity index (χ2n) is 4.69. The fraction of sp³-hybridized carbons (Fsp3) is 0.615. The smallest absolute Gasteiger partial charge is 0.243 e. The van der Waals surface area contributed by atoms with E-state index < -0.39 is 5.60 Å². The molecule has 5 heteroatoms. The van der Waals surface area contributed by atoms with Crippen LogP contribution in [0.2, 0.25) is 0 Å². The summed E-state index contributed by atoms with van der Waals surface area (Å²) in [5, 5.41) is 10.5. The van der Waals surface area contributed by atoms with Crippen molar-refractivity contribution in [1.29, 1.82) is 0 Å². The van der Waals surface area contributed by atoms with Crippen LogP contribution in [-0.2, 0) is 0 Å². The fourth-order valence-corrected chi connectivity index (χ4v) is 2.39. The summed E-state index contributed by atoms with van der Waals surface area (Å²) < 4.78 is 5.03. The van der Waals surface area contributed by atoms with Crippen LogP contribution in [0, 0.1) is 0 Å². The molecule has 18 heavy (non-hydrogen) atoms. The SMILES string of the molecule is COc1nccnc1C(=O)C1(O)CCCCCC1. The van der Waals surface area contributed by atoms with Crippen molar-refractivity contribution in [3.63, 3.8) is 0 Å². The Hall–Kier alpha value is -1.49. The van der Waals surface area contributed by atoms with E-state index >= 15 is 0 Å². The normalized spacial score (nSPS) is 19.0. The minimum atomic E-state index is -1.31. The lowest BCUT2D eigenvalue weighted by Gasteiger charge is -2.24. The van der Waals surface area contributed by atoms with Gasteiger partial charge in [-0.15, -0.1) is 0 Å². The Balaban J connectivity index is 2.29. The maximum Gasteiger partial charge on any atom is 0.243 e. The van der Waals surface area contributed by atoms with Crippen LogP contribution in [0.4, 0.5) is 0 Å². The van der Waals surface area contributed by atoms with E-state index in [0.29, 0.717) is 12.8 Å². The quantitative estimate of drug-likeness (QED) is 0.653. The van der Waals surface area contributed by atoms with Gasteiger partial charge in [-0.1, -0.05) is 25.7 Å². The van der Waals surface area contributed by atoms with Crippen molar-refractivity contribution in [1.82, 2.24) is 9.97 Å². The standard InChI is InChI=1S/C13H18N2O3/c1-18-12-10(14-8-9-15-12)11(16)13(17)6-4-2-3-5-7-13/h8-9,17H,2-7H2,1H3. The predicted molar refractivity (Wildman–Crippen MR) is 65.6 cm³/mol. The molecule has 98 valence electrons. The predicted octanol–water partition coefficient (Wildman–Crippen LogP) is 1.75. The molecule has 5 nitrogen and oxygen atoms in total. The minimum Gasteiger partial charge on any atom is -0.479 e. The topological polar surface area (TPSA) is 72.3 Å². The summed E-state index contributed by atoms with van der Waals surface area (Å²) in [7, 11) is 1.44. The Kier molecular flexibility index (Phi) is 3.91. The summed E-state index contributed by atoms with van der Waals surface area (Å²) in [5.41, 5.74) is -1.18. The first-order valence-corrected chi connectivity index (χ1v) is 6.29. The lowest BCUT2D eigenvalue weighted by atomic mass is 9.88. The Bertz CT molecular complexity index is 426. The van der Waals surface area contributed by atoms with Gasteiger partial charge >= 0.3 is 0 Å². The molecule has 1 aliphatic carbocycles. The number of aliphatic hydroxyl groups is 1. The maximum atomic E-state index is 12.4. The molecule has 1 aromatic heterocycles. The third-order valence-electron chi connectivity index (χ3n) is 3.43. The number of carbonyl (C=O) groups is 1. The Morgan fingerprint density at radius 2 is 1.83 bits per heavy atom. The molecule has 1 aromatic rings. The monoisotopic (exact) mass is 250 g/mol. The highest BCUT2D eigenvalue weighted by Crippen LogP contribution is 2.31. The number of methoxy groups -OCH3 is 1. The molecule has 1 fully saturated rings. The van der Waals surface area contributed by atoms with Crippen LogP contribution in [0.15, 0.2) is 12.4 Å². The zero-order chi connectivity index (χ0) is 13.0. The zero-order valence-corrected chi connectivity index (χ0v) is 10.6. The molecule has 0 bridgehead atoms. The Labute approximate surface area is 106 Å². The van der Waals surface area contributed by atoms with Crippen molar-refractivity contribution in [2.75, 3.05) is 7.11 Å². The van der Waals surface area contributed by atoms with Gasteiger partial charge in [-0.05, 0) is 12.8 Å². The highest BCUT2D eigenvalue weighted by atomic mass is 16.5. The number of aromatic nitrogens is 2. The summed E-state index contributed by atoms with van der Waals surface area (Å²) in [6, 6.07) is 0. The Morgan fingerprint density at radius 1 is 1.22 bits per heavy atom. The number of Topliss-reactive ketones (excluding diaryl/α,β-unsaturated/α-hetero) is 1. The molecule has 0 unspecified atom stereocenters. The highest BCUT2D eigenvalue weighted by molar-refractivity contribution is 6.02. The zero-order valence-electron chi connectivity index (χ0n) is 10.6. The van der Waals surface area contributed by atoms with E-state index in [0.717, 1.165) is 25.7 Å². The second kappa shape index (κ2) is 5.44. The van der Waals surface area contributed by atoms with Crippen LogP contribution >= 0.6 is 0 Å². The molecule has 0 radical (unpaired) electrons. The molecule has 0 aliphatic heterocycles. The van der Waals surface area contributed by atoms with E-state index in [4.69, 9.17) is 4.74 Å². The second-order valence-corrected chi connectivity index (χ2v) is 4.69. The lowest BCUT2D eigenvalue weighted by molar-refractivity contribution is 0.0229. The molecule has 1 heterocycles. The summed E-state index contributed by atoms with van der Waals surface area (Å²) >= 11 is 0. The third kappa shape index (κ3) is 2.51. The number of hydrogen-bond acceptors (Lipinski definition) is 5. The van der Waals surface area contributed by atoms with E-state index in [9.17, 15) is 9.90 Å². The van der Waals surface area contributed by atoms with E-state index in [-0.39, 0.29) is 17.4 Å². The first-order chi connectivity index (χ1) is 8.67. The Morgan fingerprint density at radius 3 is 2.44 bits per heavy atom. The number of ketones is 1. The van der Waals surface area contributed by atoms with Gasteiger partial charge in [-0.2, -0.15) is 0 Å². The van der Waals surface area contributed by atoms with Crippen molar-refractivity contribution in [2.45, 2.75) is 44.1 Å². The van der Waals surface area contributed by atoms with E-state index in [1.807, 2.05) is 0 Å². The van der Waals surface area contributed by atoms with Gasteiger partial charge in [0.2, 0.25) is 11.7 Å². The molecule has 1 saturated carbocycles. The average Bonchev–Trinajstić information content (AvgIpc) is 2.63. The van der Waals surface area contributed by atoms with Gasteiger partial charge in [0, 0.05) is 12.4 Å². The summed E-state index contributed by atoms with van der Waals surface area (Å²) in [4.78, 5) is 20.4. The van der Waals surface area contributed by atoms with Gasteiger partial charge in [0.05, 0.1) is 7.11 Å². The molecule has 1 aliphatic rings. The van der Waals surface area contributed by atoms with Crippen LogP contribution in [0.25, 0.3) is 0 Å². The molecule has 2 rings (SSSR count). The fourth-order valence-electron chi connectivity index (χ4n) is 2.39. The molecule has 1 N–H and O–H groups in total. The maximum absolute atomic E-state index is 12.4. The van der Waals surface area contributed by atoms with Gasteiger partial charge in [-0.25, -0.2) is 9.97 Å². The van der Waals surface area contributed by atoms with E-state index in [2.05, 4.69) is 9.97 Å². The average molecular weight is 250 g/mol. The van der Waals surface area contributed by atoms with Crippen LogP contribution in [0.1, 0.15) is 49.0 Å². The molecule has 0 amide bonds. The van der Waals surface area contributed by atoms with Crippen molar-refractivity contribution >= 4 is 5.78 Å². The third-order valence-corrected chi connectivity index (χ3v) is 3.43. The minimum absolute atomic E-state index is 0.129.